The molecule has 3 heterocycles. The zero-order chi connectivity index (χ0) is 25.9. The number of benzene rings is 2. The third-order valence-corrected chi connectivity index (χ3v) is 6.76. The summed E-state index contributed by atoms with van der Waals surface area (Å²) in [5.41, 5.74) is 1.25. The number of aliphatic hydroxyl groups is 1. The van der Waals surface area contributed by atoms with Gasteiger partial charge in [0.15, 0.2) is 11.5 Å². The summed E-state index contributed by atoms with van der Waals surface area (Å²) in [5.74, 6) is -1.25. The standard InChI is InChI=1S/C27H28N2O8/c1-34-27(33)18-4-2-17(3-5-18)23-22(24(30)19-6-7-20-21(16-19)37-15-14-36-20)25(31)26(32)29(23)9-8-28-10-12-35-13-11-28/h2-7,16,23,30H,8-15H2,1H3/t23-/m0/s1. The summed E-state index contributed by atoms with van der Waals surface area (Å²) < 4.78 is 21.4. The minimum atomic E-state index is -0.832. The van der Waals surface area contributed by atoms with Gasteiger partial charge in [0, 0.05) is 31.7 Å². The zero-order valence-electron chi connectivity index (χ0n) is 20.5. The largest absolute Gasteiger partial charge is 0.507 e. The lowest BCUT2D eigenvalue weighted by Crippen LogP contribution is -2.42. The van der Waals surface area contributed by atoms with Crippen LogP contribution in [0.4, 0.5) is 0 Å². The Bertz CT molecular complexity index is 1230. The fraction of sp³-hybridized carbons (Fsp3) is 0.370. The maximum absolute atomic E-state index is 13.3. The van der Waals surface area contributed by atoms with E-state index < -0.39 is 23.7 Å². The van der Waals surface area contributed by atoms with Crippen molar-refractivity contribution in [2.75, 3.05) is 59.7 Å². The number of hydrogen-bond acceptors (Lipinski definition) is 9. The number of methoxy groups -OCH3 is 1. The molecule has 194 valence electrons. The molecule has 1 amide bonds. The normalized spacial score (nSPS) is 21.2. The number of ketones is 1. The molecule has 0 radical (unpaired) electrons. The Balaban J connectivity index is 1.53. The lowest BCUT2D eigenvalue weighted by Gasteiger charge is -2.31. The topological polar surface area (TPSA) is 115 Å². The van der Waals surface area contributed by atoms with Crippen LogP contribution in [0.25, 0.3) is 5.76 Å². The van der Waals surface area contributed by atoms with Crippen LogP contribution in [-0.4, -0.2) is 92.3 Å². The lowest BCUT2D eigenvalue weighted by molar-refractivity contribution is -0.140. The van der Waals surface area contributed by atoms with Crippen molar-refractivity contribution in [2.45, 2.75) is 6.04 Å². The van der Waals surface area contributed by atoms with Gasteiger partial charge in [-0.1, -0.05) is 12.1 Å². The van der Waals surface area contributed by atoms with E-state index in [4.69, 9.17) is 18.9 Å². The molecule has 5 rings (SSSR count). The van der Waals surface area contributed by atoms with E-state index in [1.807, 2.05) is 0 Å². The average Bonchev–Trinajstić information content (AvgIpc) is 3.20. The van der Waals surface area contributed by atoms with E-state index in [2.05, 4.69) is 4.90 Å². The third-order valence-electron chi connectivity index (χ3n) is 6.76. The van der Waals surface area contributed by atoms with Gasteiger partial charge in [-0.15, -0.1) is 0 Å². The number of ether oxygens (including phenoxy) is 4. The van der Waals surface area contributed by atoms with Gasteiger partial charge in [0.2, 0.25) is 0 Å². The van der Waals surface area contributed by atoms with Crippen LogP contribution in [0.3, 0.4) is 0 Å². The molecule has 37 heavy (non-hydrogen) atoms. The predicted molar refractivity (Wildman–Crippen MR) is 131 cm³/mol. The van der Waals surface area contributed by atoms with Gasteiger partial charge in [-0.25, -0.2) is 4.79 Å². The number of esters is 1. The summed E-state index contributed by atoms with van der Waals surface area (Å²) in [6.45, 7) is 4.33. The predicted octanol–water partition coefficient (Wildman–Crippen LogP) is 2.00. The van der Waals surface area contributed by atoms with Gasteiger partial charge in [0.05, 0.1) is 37.5 Å². The van der Waals surface area contributed by atoms with Crippen LogP contribution < -0.4 is 9.47 Å². The molecular weight excluding hydrogens is 480 g/mol. The molecule has 0 aromatic heterocycles. The number of Topliss-reactive ketones (excluding diaryl/α,β-unsaturated/α-hetero) is 1. The third kappa shape index (κ3) is 4.90. The number of carbonyl (C=O) groups excluding carboxylic acids is 3. The van der Waals surface area contributed by atoms with Crippen LogP contribution in [0.1, 0.15) is 27.5 Å². The molecule has 0 spiro atoms. The van der Waals surface area contributed by atoms with Crippen molar-refractivity contribution in [2.24, 2.45) is 0 Å². The molecule has 1 atom stereocenters. The molecule has 0 bridgehead atoms. The fourth-order valence-electron chi connectivity index (χ4n) is 4.80. The lowest BCUT2D eigenvalue weighted by atomic mass is 9.94. The summed E-state index contributed by atoms with van der Waals surface area (Å²) in [7, 11) is 1.30. The number of likely N-dealkylation sites (tertiary alicyclic amines) is 1. The maximum Gasteiger partial charge on any atom is 0.337 e. The van der Waals surface area contributed by atoms with Crippen molar-refractivity contribution in [3.8, 4) is 11.5 Å². The molecule has 0 aliphatic carbocycles. The van der Waals surface area contributed by atoms with E-state index in [0.29, 0.717) is 61.2 Å². The number of hydrogen-bond donors (Lipinski definition) is 1. The molecule has 0 unspecified atom stereocenters. The van der Waals surface area contributed by atoms with Crippen molar-refractivity contribution < 1.29 is 38.4 Å². The second kappa shape index (κ2) is 10.6. The van der Waals surface area contributed by atoms with Crippen LogP contribution >= 0.6 is 0 Å². The molecule has 2 fully saturated rings. The highest BCUT2D eigenvalue weighted by molar-refractivity contribution is 6.46. The molecule has 2 aromatic carbocycles. The first kappa shape index (κ1) is 24.8. The van der Waals surface area contributed by atoms with Gasteiger partial charge in [-0.2, -0.15) is 0 Å². The smallest absolute Gasteiger partial charge is 0.337 e. The molecule has 3 aliphatic heterocycles. The quantitative estimate of drug-likeness (QED) is 0.271. The molecule has 2 aromatic rings. The highest BCUT2D eigenvalue weighted by atomic mass is 16.6. The van der Waals surface area contributed by atoms with Gasteiger partial charge in [-0.05, 0) is 35.9 Å². The Labute approximate surface area is 214 Å². The SMILES string of the molecule is COC(=O)c1ccc([C@H]2C(=C(O)c3ccc4c(c3)OCCO4)C(=O)C(=O)N2CCN2CCOCC2)cc1. The number of carbonyl (C=O) groups is 3. The number of rotatable bonds is 6. The van der Waals surface area contributed by atoms with E-state index in [9.17, 15) is 19.5 Å². The van der Waals surface area contributed by atoms with E-state index in [1.165, 1.54) is 12.0 Å². The van der Waals surface area contributed by atoms with Gasteiger partial charge in [0.25, 0.3) is 11.7 Å². The number of morpholine rings is 1. The molecule has 0 saturated carbocycles. The molecular formula is C27H28N2O8. The molecule has 1 N–H and O–H groups in total. The Morgan fingerprint density at radius 2 is 1.62 bits per heavy atom. The number of nitrogens with zero attached hydrogens (tertiary/aromatic N) is 2. The Morgan fingerprint density at radius 3 is 2.32 bits per heavy atom. The van der Waals surface area contributed by atoms with Crippen molar-refractivity contribution in [1.82, 2.24) is 9.80 Å². The Hall–Kier alpha value is -3.89. The molecule has 10 nitrogen and oxygen atoms in total. The Morgan fingerprint density at radius 1 is 0.946 bits per heavy atom. The molecule has 2 saturated heterocycles. The Kier molecular flexibility index (Phi) is 7.11. The summed E-state index contributed by atoms with van der Waals surface area (Å²) in [6.07, 6.45) is 0. The first-order chi connectivity index (χ1) is 18.0. The highest BCUT2D eigenvalue weighted by Crippen LogP contribution is 2.41. The molecule has 10 heteroatoms. The van der Waals surface area contributed by atoms with E-state index in [1.54, 1.807) is 42.5 Å². The molecule has 3 aliphatic rings. The van der Waals surface area contributed by atoms with Crippen molar-refractivity contribution in [1.29, 1.82) is 0 Å². The minimum Gasteiger partial charge on any atom is -0.507 e. The second-order valence-corrected chi connectivity index (χ2v) is 8.92. The maximum atomic E-state index is 13.3. The minimum absolute atomic E-state index is 0.0190. The monoisotopic (exact) mass is 508 g/mol. The van der Waals surface area contributed by atoms with Crippen molar-refractivity contribution in [3.63, 3.8) is 0 Å². The van der Waals surface area contributed by atoms with Gasteiger partial charge >= 0.3 is 5.97 Å². The number of fused-ring (bicyclic) bond motifs is 1. The van der Waals surface area contributed by atoms with Crippen LogP contribution in [-0.2, 0) is 19.1 Å². The van der Waals surface area contributed by atoms with Crippen LogP contribution in [0, 0.1) is 0 Å². The van der Waals surface area contributed by atoms with Crippen molar-refractivity contribution in [3.05, 3.63) is 64.7 Å². The summed E-state index contributed by atoms with van der Waals surface area (Å²) >= 11 is 0. The van der Waals surface area contributed by atoms with E-state index in [-0.39, 0.29) is 17.9 Å². The highest BCUT2D eigenvalue weighted by Gasteiger charge is 2.46. The number of aliphatic hydroxyl groups excluding tert-OH is 1. The van der Waals surface area contributed by atoms with Gasteiger partial charge < -0.3 is 29.0 Å². The van der Waals surface area contributed by atoms with Crippen molar-refractivity contribution >= 4 is 23.4 Å². The van der Waals surface area contributed by atoms with E-state index >= 15 is 0 Å². The summed E-state index contributed by atoms with van der Waals surface area (Å²) in [4.78, 5) is 42.1. The summed E-state index contributed by atoms with van der Waals surface area (Å²) in [6, 6.07) is 10.5. The first-order valence-electron chi connectivity index (χ1n) is 12.1. The van der Waals surface area contributed by atoms with Gasteiger partial charge in [-0.3, -0.25) is 14.5 Å². The van der Waals surface area contributed by atoms with Crippen LogP contribution in [0.5, 0.6) is 11.5 Å². The fourth-order valence-corrected chi connectivity index (χ4v) is 4.80. The van der Waals surface area contributed by atoms with Gasteiger partial charge in [0.1, 0.15) is 19.0 Å². The van der Waals surface area contributed by atoms with E-state index in [0.717, 1.165) is 13.1 Å². The second-order valence-electron chi connectivity index (χ2n) is 8.92. The number of amides is 1. The zero-order valence-corrected chi connectivity index (χ0v) is 20.5. The first-order valence-corrected chi connectivity index (χ1v) is 12.1. The van der Waals surface area contributed by atoms with Crippen LogP contribution in [0.15, 0.2) is 48.0 Å². The van der Waals surface area contributed by atoms with Crippen LogP contribution in [0.2, 0.25) is 0 Å². The average molecular weight is 509 g/mol. The summed E-state index contributed by atoms with van der Waals surface area (Å²) in [5, 5.41) is 11.3.